The molecule has 2 aromatic rings. The molecule has 2 N–H and O–H groups in total. The van der Waals surface area contributed by atoms with Crippen molar-refractivity contribution in [3.63, 3.8) is 0 Å². The molecule has 0 unspecified atom stereocenters. The quantitative estimate of drug-likeness (QED) is 0.440. The maximum atomic E-state index is 5.49. The second-order valence-electron chi connectivity index (χ2n) is 7.73. The first-order chi connectivity index (χ1) is 15.2. The lowest BCUT2D eigenvalue weighted by atomic mass is 9.99. The third kappa shape index (κ3) is 6.92. The number of hydrogen-bond acceptors (Lipinski definition) is 7. The smallest absolute Gasteiger partial charge is 0.225 e. The Kier molecular flexibility index (Phi) is 9.08. The van der Waals surface area contributed by atoms with Crippen molar-refractivity contribution >= 4 is 11.9 Å². The number of guanidine groups is 1. The second kappa shape index (κ2) is 12.2. The molecule has 1 aliphatic heterocycles. The van der Waals surface area contributed by atoms with Crippen LogP contribution in [0.25, 0.3) is 0 Å². The molecule has 0 spiro atoms. The summed E-state index contributed by atoms with van der Waals surface area (Å²) in [4.78, 5) is 18.0. The Hall–Kier alpha value is -2.68. The van der Waals surface area contributed by atoms with Gasteiger partial charge in [-0.3, -0.25) is 4.90 Å². The zero-order chi connectivity index (χ0) is 21.9. The summed E-state index contributed by atoms with van der Waals surface area (Å²) in [6, 6.07) is 3.89. The van der Waals surface area contributed by atoms with Crippen molar-refractivity contribution in [2.45, 2.75) is 46.1 Å². The predicted octanol–water partition coefficient (Wildman–Crippen LogP) is 2.25. The van der Waals surface area contributed by atoms with Crippen molar-refractivity contribution in [2.24, 2.45) is 4.99 Å². The molecule has 3 rings (SSSR count). The molecular weight excluding hydrogens is 392 g/mol. The Labute approximate surface area is 185 Å². The Bertz CT molecular complexity index is 782. The minimum atomic E-state index is 0.460. The molecule has 9 nitrogen and oxygen atoms in total. The molecule has 0 aromatic carbocycles. The van der Waals surface area contributed by atoms with Gasteiger partial charge in [-0.1, -0.05) is 19.0 Å². The summed E-state index contributed by atoms with van der Waals surface area (Å²) in [5.74, 6) is 2.89. The van der Waals surface area contributed by atoms with Crippen LogP contribution in [-0.2, 0) is 6.54 Å². The molecule has 0 bridgehead atoms. The van der Waals surface area contributed by atoms with Gasteiger partial charge >= 0.3 is 0 Å². The molecule has 0 atom stereocenters. The van der Waals surface area contributed by atoms with Gasteiger partial charge in [0, 0.05) is 70.2 Å². The third-order valence-corrected chi connectivity index (χ3v) is 5.65. The van der Waals surface area contributed by atoms with Gasteiger partial charge in [0.25, 0.3) is 0 Å². The maximum absolute atomic E-state index is 5.49. The van der Waals surface area contributed by atoms with Crippen LogP contribution in [0, 0.1) is 0 Å². The van der Waals surface area contributed by atoms with Crippen LogP contribution in [0.4, 0.5) is 5.95 Å². The monoisotopic (exact) mass is 428 g/mol. The molecule has 0 radical (unpaired) electrons. The van der Waals surface area contributed by atoms with Crippen LogP contribution in [0.2, 0.25) is 0 Å². The van der Waals surface area contributed by atoms with Gasteiger partial charge < -0.3 is 20.1 Å². The molecule has 2 aromatic heterocycles. The summed E-state index contributed by atoms with van der Waals surface area (Å²) < 4.78 is 5.49. The largest absolute Gasteiger partial charge is 0.359 e. The van der Waals surface area contributed by atoms with E-state index in [-0.39, 0.29) is 0 Å². The topological polar surface area (TPSA) is 94.7 Å². The zero-order valence-corrected chi connectivity index (χ0v) is 19.0. The number of piperazine rings is 1. The van der Waals surface area contributed by atoms with E-state index in [1.165, 1.54) is 0 Å². The lowest BCUT2D eigenvalue weighted by molar-refractivity contribution is 0.260. The van der Waals surface area contributed by atoms with Crippen LogP contribution < -0.4 is 15.5 Å². The van der Waals surface area contributed by atoms with Gasteiger partial charge in [0.1, 0.15) is 6.54 Å². The van der Waals surface area contributed by atoms with Gasteiger partial charge in [-0.2, -0.15) is 0 Å². The van der Waals surface area contributed by atoms with Crippen molar-refractivity contribution in [1.29, 1.82) is 0 Å². The minimum absolute atomic E-state index is 0.460. The minimum Gasteiger partial charge on any atom is -0.359 e. The van der Waals surface area contributed by atoms with Crippen molar-refractivity contribution in [2.75, 3.05) is 50.7 Å². The van der Waals surface area contributed by atoms with Crippen LogP contribution >= 0.6 is 0 Å². The highest BCUT2D eigenvalue weighted by Crippen LogP contribution is 2.22. The fraction of sp³-hybridized carbons (Fsp3) is 0.636. The first-order valence-electron chi connectivity index (χ1n) is 11.4. The van der Waals surface area contributed by atoms with E-state index in [2.05, 4.69) is 61.3 Å². The van der Waals surface area contributed by atoms with Crippen LogP contribution in [0.3, 0.4) is 0 Å². The normalized spacial score (nSPS) is 15.5. The van der Waals surface area contributed by atoms with Gasteiger partial charge in [-0.05, 0) is 25.8 Å². The van der Waals surface area contributed by atoms with Gasteiger partial charge in [0.15, 0.2) is 11.7 Å². The highest BCUT2D eigenvalue weighted by molar-refractivity contribution is 5.79. The van der Waals surface area contributed by atoms with E-state index >= 15 is 0 Å². The second-order valence-corrected chi connectivity index (χ2v) is 7.73. The lowest BCUT2D eigenvalue weighted by Gasteiger charge is -2.34. The third-order valence-electron chi connectivity index (χ3n) is 5.65. The van der Waals surface area contributed by atoms with E-state index in [4.69, 9.17) is 4.52 Å². The standard InChI is InChI=1S/C22H36N8O/c1-4-18(5-2)20-16-19(31-28-20)17-27-21(23-6-3)24-10-11-29-12-14-30(15-13-29)22-25-8-7-9-26-22/h7-9,16,18H,4-6,10-15,17H2,1-3H3,(H2,23,24,27). The Morgan fingerprint density at radius 3 is 2.52 bits per heavy atom. The molecule has 1 saturated heterocycles. The first-order valence-corrected chi connectivity index (χ1v) is 11.4. The van der Waals surface area contributed by atoms with E-state index in [9.17, 15) is 0 Å². The predicted molar refractivity (Wildman–Crippen MR) is 123 cm³/mol. The summed E-state index contributed by atoms with van der Waals surface area (Å²) >= 11 is 0. The molecule has 0 saturated carbocycles. The number of anilines is 1. The summed E-state index contributed by atoms with van der Waals surface area (Å²) in [5.41, 5.74) is 1.04. The summed E-state index contributed by atoms with van der Waals surface area (Å²) in [5, 5.41) is 11.0. The molecule has 170 valence electrons. The van der Waals surface area contributed by atoms with E-state index in [0.29, 0.717) is 12.5 Å². The van der Waals surface area contributed by atoms with Crippen molar-refractivity contribution in [3.05, 3.63) is 36.0 Å². The van der Waals surface area contributed by atoms with Crippen LogP contribution in [0.5, 0.6) is 0 Å². The molecular formula is C22H36N8O. The van der Waals surface area contributed by atoms with Crippen LogP contribution in [0.15, 0.2) is 34.0 Å². The van der Waals surface area contributed by atoms with E-state index in [1.807, 2.05) is 12.1 Å². The molecule has 1 fully saturated rings. The van der Waals surface area contributed by atoms with Crippen LogP contribution in [0.1, 0.15) is 51.0 Å². The highest BCUT2D eigenvalue weighted by atomic mass is 16.5. The van der Waals surface area contributed by atoms with E-state index in [1.54, 1.807) is 12.4 Å². The van der Waals surface area contributed by atoms with Crippen LogP contribution in [-0.4, -0.2) is 71.8 Å². The van der Waals surface area contributed by atoms with Gasteiger partial charge in [0.05, 0.1) is 5.69 Å². The Balaban J connectivity index is 1.42. The van der Waals surface area contributed by atoms with Crippen molar-refractivity contribution in [1.82, 2.24) is 30.7 Å². The number of rotatable bonds is 10. The van der Waals surface area contributed by atoms with E-state index in [0.717, 1.165) is 82.0 Å². The number of aromatic nitrogens is 3. The average Bonchev–Trinajstić information content (AvgIpc) is 3.28. The SMILES string of the molecule is CCNC(=NCc1cc(C(CC)CC)no1)NCCN1CCN(c2ncccn2)CC1. The fourth-order valence-electron chi connectivity index (χ4n) is 3.76. The zero-order valence-electron chi connectivity index (χ0n) is 19.0. The summed E-state index contributed by atoms with van der Waals surface area (Å²) in [6.07, 6.45) is 5.74. The van der Waals surface area contributed by atoms with Gasteiger partial charge in [0.2, 0.25) is 5.95 Å². The summed E-state index contributed by atoms with van der Waals surface area (Å²) in [7, 11) is 0. The number of aliphatic imine (C=N–C) groups is 1. The molecule has 0 aliphatic carbocycles. The Morgan fingerprint density at radius 1 is 1.10 bits per heavy atom. The lowest BCUT2D eigenvalue weighted by Crippen LogP contribution is -2.49. The maximum Gasteiger partial charge on any atom is 0.225 e. The summed E-state index contributed by atoms with van der Waals surface area (Å²) in [6.45, 7) is 13.4. The molecule has 1 aliphatic rings. The van der Waals surface area contributed by atoms with E-state index < -0.39 is 0 Å². The fourth-order valence-corrected chi connectivity index (χ4v) is 3.76. The first kappa shape index (κ1) is 23.0. The van der Waals surface area contributed by atoms with Gasteiger partial charge in [-0.15, -0.1) is 0 Å². The Morgan fingerprint density at radius 2 is 1.84 bits per heavy atom. The number of hydrogen-bond donors (Lipinski definition) is 2. The van der Waals surface area contributed by atoms with Gasteiger partial charge in [-0.25, -0.2) is 15.0 Å². The molecule has 3 heterocycles. The highest BCUT2D eigenvalue weighted by Gasteiger charge is 2.18. The number of nitrogens with one attached hydrogen (secondary N) is 2. The molecule has 9 heteroatoms. The average molecular weight is 429 g/mol. The number of nitrogens with zero attached hydrogens (tertiary/aromatic N) is 6. The molecule has 31 heavy (non-hydrogen) atoms. The van der Waals surface area contributed by atoms with Crippen molar-refractivity contribution in [3.8, 4) is 0 Å². The van der Waals surface area contributed by atoms with Crippen molar-refractivity contribution < 1.29 is 4.52 Å². The molecule has 0 amide bonds.